The number of carbonyl (C=O) groups is 3. The van der Waals surface area contributed by atoms with Crippen LogP contribution >= 0.6 is 0 Å². The van der Waals surface area contributed by atoms with Crippen molar-refractivity contribution in [1.82, 2.24) is 45.3 Å². The van der Waals surface area contributed by atoms with Crippen molar-refractivity contribution in [1.29, 1.82) is 0 Å². The summed E-state index contributed by atoms with van der Waals surface area (Å²) in [5.74, 6) is 1.25. The standard InChI is InChI=1S/C44H51N9O4.2C3H8/c1-7-21-52(29(3)23-47-43(55)51(4)5)27-40-45-24-38(49-40)36-19-17-34(30-13-9-11-15-32(30)36)35-18-20-37(33-16-12-10-14-31(33)35)39-25-46-41(50-39)28-53(22-8-2)42(54)26-48-44(56)57-6;2*1-3-2/h9-20,24-25H,3,7-8,21-23,26-28H2,1-2,4-6H3,(H,45,49)(H,46,50)(H,47,55)(H,48,56);2*3H2,1-2H3. The van der Waals surface area contributed by atoms with Crippen LogP contribution in [0.15, 0.2) is 97.5 Å². The Labute approximate surface area is 373 Å². The largest absolute Gasteiger partial charge is 0.453 e. The van der Waals surface area contributed by atoms with E-state index in [1.165, 1.54) is 24.9 Å². The first-order valence-electron chi connectivity index (χ1n) is 22.0. The molecule has 4 N–H and O–H groups in total. The van der Waals surface area contributed by atoms with Crippen LogP contribution in [0.5, 0.6) is 0 Å². The third-order valence-electron chi connectivity index (χ3n) is 9.86. The Morgan fingerprint density at radius 1 is 0.619 bits per heavy atom. The van der Waals surface area contributed by atoms with E-state index in [2.05, 4.69) is 143 Å². The highest BCUT2D eigenvalue weighted by atomic mass is 16.5. The summed E-state index contributed by atoms with van der Waals surface area (Å²) in [6.45, 7) is 19.2. The number of hydrogen-bond acceptors (Lipinski definition) is 7. The second kappa shape index (κ2) is 24.7. The van der Waals surface area contributed by atoms with Crippen LogP contribution in [-0.2, 0) is 22.6 Å². The minimum atomic E-state index is -0.648. The number of hydrogen-bond donors (Lipinski definition) is 4. The van der Waals surface area contributed by atoms with Crippen molar-refractivity contribution in [2.24, 2.45) is 0 Å². The van der Waals surface area contributed by atoms with Gasteiger partial charge in [-0.15, -0.1) is 0 Å². The summed E-state index contributed by atoms with van der Waals surface area (Å²) in [4.78, 5) is 58.3. The summed E-state index contributed by atoms with van der Waals surface area (Å²) < 4.78 is 4.61. The number of ether oxygens (including phenoxy) is 1. The van der Waals surface area contributed by atoms with Crippen molar-refractivity contribution in [2.45, 2.75) is 80.3 Å². The third-order valence-corrected chi connectivity index (χ3v) is 9.86. The van der Waals surface area contributed by atoms with E-state index in [1.807, 2.05) is 19.2 Å². The Morgan fingerprint density at radius 2 is 1.03 bits per heavy atom. The number of nitrogens with one attached hydrogen (secondary N) is 4. The van der Waals surface area contributed by atoms with Gasteiger partial charge in [0.2, 0.25) is 5.91 Å². The number of alkyl carbamates (subject to hydrolysis) is 1. The van der Waals surface area contributed by atoms with Crippen LogP contribution in [0, 0.1) is 0 Å². The fourth-order valence-corrected chi connectivity index (χ4v) is 7.02. The Hall–Kier alpha value is -6.63. The molecule has 13 nitrogen and oxygen atoms in total. The molecule has 0 aliphatic heterocycles. The van der Waals surface area contributed by atoms with E-state index in [0.29, 0.717) is 25.5 Å². The zero-order valence-electron chi connectivity index (χ0n) is 38.7. The lowest BCUT2D eigenvalue weighted by atomic mass is 9.89. The second-order valence-corrected chi connectivity index (χ2v) is 15.5. The van der Waals surface area contributed by atoms with Crippen LogP contribution in [0.2, 0.25) is 0 Å². The first kappa shape index (κ1) is 49.0. The van der Waals surface area contributed by atoms with Crippen LogP contribution in [0.25, 0.3) is 55.2 Å². The average molecular weight is 858 g/mol. The SMILES string of the molecule is C=C(CNC(=O)N(C)C)N(CCC)Cc1ncc(-c2ccc(-c3ccc(-c4cnc(CN(CCC)C(=O)CNC(=O)OC)[nH]4)c4ccccc34)c3ccccc23)[nH]1.CCC.CCC. The van der Waals surface area contributed by atoms with Gasteiger partial charge in [0.05, 0.1) is 50.5 Å². The van der Waals surface area contributed by atoms with Gasteiger partial charge in [-0.05, 0) is 45.5 Å². The van der Waals surface area contributed by atoms with E-state index in [9.17, 15) is 14.4 Å². The number of amides is 4. The number of benzene rings is 4. The molecule has 0 aliphatic carbocycles. The molecule has 0 atom stereocenters. The number of rotatable bonds is 16. The van der Waals surface area contributed by atoms with Crippen molar-refractivity contribution in [3.05, 3.63) is 109 Å². The molecule has 2 aromatic heterocycles. The summed E-state index contributed by atoms with van der Waals surface area (Å²) in [6.07, 6.45) is 7.23. The highest BCUT2D eigenvalue weighted by molar-refractivity contribution is 6.11. The Bertz CT molecular complexity index is 2420. The first-order chi connectivity index (χ1) is 30.4. The molecule has 4 aromatic carbocycles. The van der Waals surface area contributed by atoms with E-state index < -0.39 is 6.09 Å². The predicted molar refractivity (Wildman–Crippen MR) is 257 cm³/mol. The maximum absolute atomic E-state index is 12.9. The Kier molecular flexibility index (Phi) is 19.2. The summed E-state index contributed by atoms with van der Waals surface area (Å²) in [7, 11) is 4.69. The molecular weight excluding hydrogens is 791 g/mol. The number of imidazole rings is 2. The molecule has 6 aromatic rings. The fourth-order valence-electron chi connectivity index (χ4n) is 7.02. The summed E-state index contributed by atoms with van der Waals surface area (Å²) in [5, 5.41) is 9.77. The minimum Gasteiger partial charge on any atom is -0.453 e. The molecule has 0 saturated heterocycles. The normalized spacial score (nSPS) is 10.6. The lowest BCUT2D eigenvalue weighted by molar-refractivity contribution is -0.130. The molecule has 2 heterocycles. The quantitative estimate of drug-likeness (QED) is 0.0756. The van der Waals surface area contributed by atoms with Gasteiger partial charge >= 0.3 is 12.1 Å². The van der Waals surface area contributed by atoms with Gasteiger partial charge in [0, 0.05) is 44.0 Å². The molecule has 336 valence electrons. The molecule has 0 bridgehead atoms. The fraction of sp³-hybridized carbons (Fsp3) is 0.380. The molecule has 0 aliphatic rings. The van der Waals surface area contributed by atoms with E-state index >= 15 is 0 Å². The van der Waals surface area contributed by atoms with E-state index in [1.54, 1.807) is 25.2 Å². The molecule has 0 fully saturated rings. The van der Waals surface area contributed by atoms with Gasteiger partial charge < -0.3 is 40.0 Å². The summed E-state index contributed by atoms with van der Waals surface area (Å²) >= 11 is 0. The maximum Gasteiger partial charge on any atom is 0.407 e. The zero-order valence-corrected chi connectivity index (χ0v) is 38.7. The second-order valence-electron chi connectivity index (χ2n) is 15.5. The number of nitrogens with zero attached hydrogens (tertiary/aromatic N) is 5. The molecule has 63 heavy (non-hydrogen) atoms. The van der Waals surface area contributed by atoms with E-state index in [4.69, 9.17) is 4.98 Å². The highest BCUT2D eigenvalue weighted by Gasteiger charge is 2.19. The predicted octanol–water partition coefficient (Wildman–Crippen LogP) is 10.4. The van der Waals surface area contributed by atoms with Crippen molar-refractivity contribution < 1.29 is 19.1 Å². The lowest BCUT2D eigenvalue weighted by Crippen LogP contribution is -2.40. The van der Waals surface area contributed by atoms with E-state index in [-0.39, 0.29) is 25.0 Å². The van der Waals surface area contributed by atoms with Gasteiger partial charge in [0.15, 0.2) is 0 Å². The minimum absolute atomic E-state index is 0.153. The molecular formula is C50H67N9O4. The molecule has 0 radical (unpaired) electrons. The molecule has 13 heteroatoms. The van der Waals surface area contributed by atoms with Gasteiger partial charge in [0.1, 0.15) is 18.2 Å². The van der Waals surface area contributed by atoms with Crippen molar-refractivity contribution in [2.75, 3.05) is 47.4 Å². The first-order valence-corrected chi connectivity index (χ1v) is 22.0. The van der Waals surface area contributed by atoms with Crippen LogP contribution in [0.3, 0.4) is 0 Å². The summed E-state index contributed by atoms with van der Waals surface area (Å²) in [6, 6.07) is 25.3. The lowest BCUT2D eigenvalue weighted by Gasteiger charge is -2.26. The number of H-pyrrole nitrogens is 2. The summed E-state index contributed by atoms with van der Waals surface area (Å²) in [5.41, 5.74) is 6.86. The topological polar surface area (TPSA) is 152 Å². The average Bonchev–Trinajstić information content (AvgIpc) is 3.96. The van der Waals surface area contributed by atoms with Gasteiger partial charge in [-0.3, -0.25) is 4.79 Å². The number of carbonyl (C=O) groups excluding carboxylic acids is 3. The zero-order chi connectivity index (χ0) is 45.9. The maximum atomic E-state index is 12.9. The molecule has 0 saturated carbocycles. The van der Waals surface area contributed by atoms with Crippen molar-refractivity contribution in [3.63, 3.8) is 0 Å². The third kappa shape index (κ3) is 13.2. The number of fused-ring (bicyclic) bond motifs is 2. The molecule has 0 spiro atoms. The van der Waals surface area contributed by atoms with Crippen LogP contribution < -0.4 is 10.6 Å². The molecule has 0 unspecified atom stereocenters. The monoisotopic (exact) mass is 858 g/mol. The number of aromatic nitrogens is 4. The molecule has 4 amide bonds. The van der Waals surface area contributed by atoms with Crippen LogP contribution in [-0.4, -0.2) is 100 Å². The van der Waals surface area contributed by atoms with Gasteiger partial charge in [-0.2, -0.15) is 0 Å². The van der Waals surface area contributed by atoms with Crippen LogP contribution in [0.1, 0.15) is 78.9 Å². The van der Waals surface area contributed by atoms with Gasteiger partial charge in [-0.1, -0.05) is 134 Å². The number of aromatic amines is 2. The van der Waals surface area contributed by atoms with Crippen molar-refractivity contribution in [3.8, 4) is 33.6 Å². The number of methoxy groups -OCH3 is 1. The van der Waals surface area contributed by atoms with Gasteiger partial charge in [-0.25, -0.2) is 19.6 Å². The van der Waals surface area contributed by atoms with Crippen molar-refractivity contribution >= 4 is 39.6 Å². The Balaban J connectivity index is 0.00000137. The smallest absolute Gasteiger partial charge is 0.407 e. The number of urea groups is 1. The van der Waals surface area contributed by atoms with Gasteiger partial charge in [0.25, 0.3) is 0 Å². The van der Waals surface area contributed by atoms with Crippen LogP contribution in [0.4, 0.5) is 9.59 Å². The molecule has 6 rings (SSSR count). The van der Waals surface area contributed by atoms with E-state index in [0.717, 1.165) is 86.1 Å². The Morgan fingerprint density at radius 3 is 1.46 bits per heavy atom. The highest BCUT2D eigenvalue weighted by Crippen LogP contribution is 2.40.